The van der Waals surface area contributed by atoms with Crippen LogP contribution in [-0.2, 0) is 11.8 Å². The molecule has 1 saturated heterocycles. The zero-order valence-electron chi connectivity index (χ0n) is 10.9. The van der Waals surface area contributed by atoms with Crippen molar-refractivity contribution in [3.05, 3.63) is 18.2 Å². The lowest BCUT2D eigenvalue weighted by Crippen LogP contribution is -2.26. The van der Waals surface area contributed by atoms with Gasteiger partial charge in [0.1, 0.15) is 5.69 Å². The molecule has 0 aromatic carbocycles. The minimum atomic E-state index is -0.0490. The van der Waals surface area contributed by atoms with Gasteiger partial charge in [0.15, 0.2) is 0 Å². The van der Waals surface area contributed by atoms with E-state index < -0.39 is 0 Å². The molecule has 0 spiro atoms. The summed E-state index contributed by atoms with van der Waals surface area (Å²) in [7, 11) is 1.82. The average Bonchev–Trinajstić information content (AvgIpc) is 2.99. The van der Waals surface area contributed by atoms with Gasteiger partial charge in [0.25, 0.3) is 5.91 Å². The Morgan fingerprint density at radius 1 is 1.61 bits per heavy atom. The number of ether oxygens (including phenoxy) is 1. The predicted molar refractivity (Wildman–Crippen MR) is 68.4 cm³/mol. The topological polar surface area (TPSA) is 56.2 Å². The maximum atomic E-state index is 11.7. The Morgan fingerprint density at radius 2 is 2.50 bits per heavy atom. The van der Waals surface area contributed by atoms with Gasteiger partial charge >= 0.3 is 0 Å². The molecule has 0 bridgehead atoms. The number of nitrogens with zero attached hydrogens (tertiary/aromatic N) is 2. The summed E-state index contributed by atoms with van der Waals surface area (Å²) in [5.41, 5.74) is 0.606. The molecule has 1 aliphatic rings. The van der Waals surface area contributed by atoms with E-state index in [1.807, 2.05) is 7.05 Å². The first kappa shape index (κ1) is 13.1. The highest BCUT2D eigenvalue weighted by Gasteiger charge is 2.14. The molecule has 1 fully saturated rings. The normalized spacial score (nSPS) is 19.1. The van der Waals surface area contributed by atoms with Crippen molar-refractivity contribution >= 4 is 5.91 Å². The van der Waals surface area contributed by atoms with Crippen LogP contribution in [0.1, 0.15) is 42.6 Å². The molecule has 1 aromatic heterocycles. The van der Waals surface area contributed by atoms with Crippen molar-refractivity contribution in [3.63, 3.8) is 0 Å². The van der Waals surface area contributed by atoms with Crippen molar-refractivity contribution in [2.75, 3.05) is 13.2 Å². The Labute approximate surface area is 108 Å². The van der Waals surface area contributed by atoms with E-state index in [1.54, 1.807) is 17.1 Å². The van der Waals surface area contributed by atoms with E-state index in [0.29, 0.717) is 11.8 Å². The molecule has 1 amide bonds. The second kappa shape index (κ2) is 6.54. The molecule has 0 aliphatic carbocycles. The molecular weight excluding hydrogens is 230 g/mol. The van der Waals surface area contributed by atoms with E-state index in [-0.39, 0.29) is 5.91 Å². The number of hydrogen-bond donors (Lipinski definition) is 1. The van der Waals surface area contributed by atoms with Gasteiger partial charge in [0.2, 0.25) is 0 Å². The van der Waals surface area contributed by atoms with E-state index in [0.717, 1.165) is 32.4 Å². The number of imidazole rings is 1. The maximum absolute atomic E-state index is 11.7. The molecule has 1 N–H and O–H groups in total. The molecule has 0 saturated carbocycles. The lowest BCUT2D eigenvalue weighted by Gasteiger charge is -2.09. The molecule has 1 aliphatic heterocycles. The minimum absolute atomic E-state index is 0.0490. The van der Waals surface area contributed by atoms with Crippen LogP contribution in [0.25, 0.3) is 0 Å². The summed E-state index contributed by atoms with van der Waals surface area (Å²) in [4.78, 5) is 15.7. The van der Waals surface area contributed by atoms with Crippen molar-refractivity contribution in [2.45, 2.75) is 38.2 Å². The van der Waals surface area contributed by atoms with Gasteiger partial charge in [-0.1, -0.05) is 0 Å². The molecule has 100 valence electrons. The van der Waals surface area contributed by atoms with Gasteiger partial charge in [0.05, 0.1) is 18.6 Å². The molecular formula is C13H21N3O2. The zero-order valence-corrected chi connectivity index (χ0v) is 10.9. The van der Waals surface area contributed by atoms with E-state index in [4.69, 9.17) is 4.74 Å². The molecule has 2 heterocycles. The molecule has 18 heavy (non-hydrogen) atoms. The van der Waals surface area contributed by atoms with Crippen LogP contribution in [0.5, 0.6) is 0 Å². The van der Waals surface area contributed by atoms with Crippen LogP contribution < -0.4 is 5.32 Å². The van der Waals surface area contributed by atoms with Gasteiger partial charge in [-0.3, -0.25) is 4.79 Å². The van der Waals surface area contributed by atoms with E-state index in [1.165, 1.54) is 12.8 Å². The summed E-state index contributed by atoms with van der Waals surface area (Å²) in [5.74, 6) is -0.0490. The predicted octanol–water partition coefficient (Wildman–Crippen LogP) is 1.50. The van der Waals surface area contributed by atoms with Crippen molar-refractivity contribution in [2.24, 2.45) is 7.05 Å². The first-order valence-electron chi connectivity index (χ1n) is 6.63. The third-order valence-corrected chi connectivity index (χ3v) is 3.31. The number of amides is 1. The number of hydrogen-bond acceptors (Lipinski definition) is 3. The third kappa shape index (κ3) is 3.57. The largest absolute Gasteiger partial charge is 0.378 e. The van der Waals surface area contributed by atoms with Crippen LogP contribution in [0.15, 0.2) is 12.5 Å². The van der Waals surface area contributed by atoms with Crippen molar-refractivity contribution in [3.8, 4) is 0 Å². The molecule has 0 radical (unpaired) electrons. The molecule has 5 nitrogen and oxygen atoms in total. The maximum Gasteiger partial charge on any atom is 0.269 e. The Kier molecular flexibility index (Phi) is 4.75. The first-order chi connectivity index (χ1) is 8.77. The number of aryl methyl sites for hydroxylation is 1. The van der Waals surface area contributed by atoms with Gasteiger partial charge in [-0.15, -0.1) is 0 Å². The van der Waals surface area contributed by atoms with Crippen LogP contribution in [0.4, 0.5) is 0 Å². The third-order valence-electron chi connectivity index (χ3n) is 3.31. The van der Waals surface area contributed by atoms with Crippen molar-refractivity contribution in [1.82, 2.24) is 14.9 Å². The molecule has 2 rings (SSSR count). The summed E-state index contributed by atoms with van der Waals surface area (Å²) < 4.78 is 7.28. The van der Waals surface area contributed by atoms with Crippen LogP contribution in [0, 0.1) is 0 Å². The van der Waals surface area contributed by atoms with Crippen LogP contribution in [0.3, 0.4) is 0 Å². The second-order valence-electron chi connectivity index (χ2n) is 4.78. The minimum Gasteiger partial charge on any atom is -0.378 e. The molecule has 1 aromatic rings. The van der Waals surface area contributed by atoms with E-state index >= 15 is 0 Å². The Morgan fingerprint density at radius 3 is 3.17 bits per heavy atom. The fourth-order valence-corrected chi connectivity index (χ4v) is 2.24. The zero-order chi connectivity index (χ0) is 12.8. The lowest BCUT2D eigenvalue weighted by molar-refractivity contribution is 0.0939. The molecule has 5 heteroatoms. The number of unbranched alkanes of at least 4 members (excludes halogenated alkanes) is 1. The summed E-state index contributed by atoms with van der Waals surface area (Å²) >= 11 is 0. The summed E-state index contributed by atoms with van der Waals surface area (Å²) in [6.45, 7) is 1.64. The van der Waals surface area contributed by atoms with Crippen LogP contribution in [-0.4, -0.2) is 34.7 Å². The average molecular weight is 251 g/mol. The number of nitrogens with one attached hydrogen (secondary N) is 1. The summed E-state index contributed by atoms with van der Waals surface area (Å²) in [6, 6.07) is 0. The second-order valence-corrected chi connectivity index (χ2v) is 4.78. The molecule has 0 unspecified atom stereocenters. The van der Waals surface area contributed by atoms with Crippen molar-refractivity contribution in [1.29, 1.82) is 0 Å². The SMILES string of the molecule is Cn1cncc1C(=O)NCCCC[C@@H]1CCCO1. The van der Waals surface area contributed by atoms with Gasteiger partial charge in [-0.25, -0.2) is 4.98 Å². The highest BCUT2D eigenvalue weighted by Crippen LogP contribution is 2.17. The number of aromatic nitrogens is 2. The van der Waals surface area contributed by atoms with Crippen LogP contribution >= 0.6 is 0 Å². The van der Waals surface area contributed by atoms with Gasteiger partial charge in [-0.05, 0) is 32.1 Å². The number of carbonyl (C=O) groups is 1. The van der Waals surface area contributed by atoms with Crippen LogP contribution in [0.2, 0.25) is 0 Å². The summed E-state index contributed by atoms with van der Waals surface area (Å²) in [6.07, 6.45) is 9.29. The number of carbonyl (C=O) groups excluding carboxylic acids is 1. The molecule has 1 atom stereocenters. The van der Waals surface area contributed by atoms with Gasteiger partial charge in [0, 0.05) is 20.2 Å². The highest BCUT2D eigenvalue weighted by molar-refractivity contribution is 5.92. The smallest absolute Gasteiger partial charge is 0.269 e. The van der Waals surface area contributed by atoms with Gasteiger partial charge in [-0.2, -0.15) is 0 Å². The monoisotopic (exact) mass is 251 g/mol. The number of rotatable bonds is 6. The van der Waals surface area contributed by atoms with E-state index in [2.05, 4.69) is 10.3 Å². The van der Waals surface area contributed by atoms with Gasteiger partial charge < -0.3 is 14.6 Å². The fraction of sp³-hybridized carbons (Fsp3) is 0.692. The Bertz CT molecular complexity index is 383. The lowest BCUT2D eigenvalue weighted by atomic mass is 10.1. The Balaban J connectivity index is 1.58. The highest BCUT2D eigenvalue weighted by atomic mass is 16.5. The van der Waals surface area contributed by atoms with E-state index in [9.17, 15) is 4.79 Å². The van der Waals surface area contributed by atoms with Crippen molar-refractivity contribution < 1.29 is 9.53 Å². The standard InChI is InChI=1S/C13H21N3O2/c1-16-10-14-9-12(16)13(17)15-7-3-2-5-11-6-4-8-18-11/h9-11H,2-8H2,1H3,(H,15,17)/t11-/m1/s1. The quantitative estimate of drug-likeness (QED) is 0.779. The fourth-order valence-electron chi connectivity index (χ4n) is 2.24. The first-order valence-corrected chi connectivity index (χ1v) is 6.63. The summed E-state index contributed by atoms with van der Waals surface area (Å²) in [5, 5.41) is 2.91. The Hall–Kier alpha value is -1.36.